The summed E-state index contributed by atoms with van der Waals surface area (Å²) in [5.74, 6) is 0.0982. The van der Waals surface area contributed by atoms with Crippen LogP contribution in [0.15, 0.2) is 54.6 Å². The van der Waals surface area contributed by atoms with Crippen LogP contribution in [0.1, 0.15) is 23.0 Å². The van der Waals surface area contributed by atoms with E-state index in [-0.39, 0.29) is 11.8 Å². The Morgan fingerprint density at radius 2 is 1.81 bits per heavy atom. The molecule has 0 spiro atoms. The third-order valence-electron chi connectivity index (χ3n) is 3.64. The van der Waals surface area contributed by atoms with Gasteiger partial charge < -0.3 is 15.4 Å². The summed E-state index contributed by atoms with van der Waals surface area (Å²) < 4.78 is 18.8. The maximum Gasteiger partial charge on any atom is 0.338 e. The van der Waals surface area contributed by atoms with E-state index < -0.39 is 0 Å². The zero-order chi connectivity index (χ0) is 19.2. The van der Waals surface area contributed by atoms with Gasteiger partial charge in [-0.1, -0.05) is 12.1 Å². The first-order valence-electron chi connectivity index (χ1n) is 8.46. The van der Waals surface area contributed by atoms with E-state index in [1.165, 1.54) is 6.07 Å². The number of anilines is 4. The van der Waals surface area contributed by atoms with Gasteiger partial charge in [0.05, 0.1) is 17.9 Å². The van der Waals surface area contributed by atoms with Crippen molar-refractivity contribution < 1.29 is 13.9 Å². The molecule has 6 nitrogen and oxygen atoms in total. The molecule has 7 heteroatoms. The number of hydrogen-bond donors (Lipinski definition) is 2. The van der Waals surface area contributed by atoms with Crippen LogP contribution in [0, 0.1) is 12.7 Å². The average molecular weight is 366 g/mol. The fourth-order valence-electron chi connectivity index (χ4n) is 2.42. The third kappa shape index (κ3) is 4.78. The first kappa shape index (κ1) is 18.3. The zero-order valence-electron chi connectivity index (χ0n) is 15.0. The first-order chi connectivity index (χ1) is 13.0. The van der Waals surface area contributed by atoms with Crippen LogP contribution >= 0.6 is 0 Å². The number of aromatic nitrogens is 2. The van der Waals surface area contributed by atoms with Crippen LogP contribution in [-0.2, 0) is 4.74 Å². The molecule has 0 atom stereocenters. The Morgan fingerprint density at radius 3 is 2.52 bits per heavy atom. The van der Waals surface area contributed by atoms with Gasteiger partial charge in [0, 0.05) is 17.4 Å². The predicted molar refractivity (Wildman–Crippen MR) is 102 cm³/mol. The van der Waals surface area contributed by atoms with Gasteiger partial charge in [-0.05, 0) is 50.2 Å². The largest absolute Gasteiger partial charge is 0.462 e. The highest BCUT2D eigenvalue weighted by molar-refractivity contribution is 5.89. The van der Waals surface area contributed by atoms with Crippen LogP contribution in [-0.4, -0.2) is 22.5 Å². The quantitative estimate of drug-likeness (QED) is 0.622. The Kier molecular flexibility index (Phi) is 5.61. The van der Waals surface area contributed by atoms with E-state index in [9.17, 15) is 9.18 Å². The van der Waals surface area contributed by atoms with Gasteiger partial charge in [-0.3, -0.25) is 0 Å². The summed E-state index contributed by atoms with van der Waals surface area (Å²) in [6, 6.07) is 14.9. The molecule has 0 aliphatic heterocycles. The lowest BCUT2D eigenvalue weighted by molar-refractivity contribution is 0.0526. The van der Waals surface area contributed by atoms with Crippen molar-refractivity contribution in [1.29, 1.82) is 0 Å². The highest BCUT2D eigenvalue weighted by Crippen LogP contribution is 2.21. The summed E-state index contributed by atoms with van der Waals surface area (Å²) in [4.78, 5) is 20.4. The number of aryl methyl sites for hydroxylation is 1. The Morgan fingerprint density at radius 1 is 1.07 bits per heavy atom. The van der Waals surface area contributed by atoms with Crippen LogP contribution < -0.4 is 10.6 Å². The van der Waals surface area contributed by atoms with Gasteiger partial charge in [-0.15, -0.1) is 0 Å². The third-order valence-corrected chi connectivity index (χ3v) is 3.64. The van der Waals surface area contributed by atoms with Crippen molar-refractivity contribution in [3.05, 3.63) is 71.7 Å². The van der Waals surface area contributed by atoms with Gasteiger partial charge in [0.15, 0.2) is 0 Å². The minimum Gasteiger partial charge on any atom is -0.462 e. The number of ether oxygens (including phenoxy) is 1. The molecule has 0 saturated carbocycles. The topological polar surface area (TPSA) is 76.1 Å². The number of halogens is 1. The summed E-state index contributed by atoms with van der Waals surface area (Å²) in [6.07, 6.45) is 0. The smallest absolute Gasteiger partial charge is 0.338 e. The van der Waals surface area contributed by atoms with Crippen LogP contribution in [0.2, 0.25) is 0 Å². The number of esters is 1. The Hall–Kier alpha value is -3.48. The van der Waals surface area contributed by atoms with E-state index in [0.717, 1.165) is 5.69 Å². The number of hydrogen-bond acceptors (Lipinski definition) is 6. The van der Waals surface area contributed by atoms with E-state index in [2.05, 4.69) is 20.6 Å². The average Bonchev–Trinajstić information content (AvgIpc) is 2.64. The van der Waals surface area contributed by atoms with Crippen LogP contribution in [0.3, 0.4) is 0 Å². The number of carbonyl (C=O) groups is 1. The summed E-state index contributed by atoms with van der Waals surface area (Å²) in [6.45, 7) is 3.91. The molecule has 0 radical (unpaired) electrons. The normalized spacial score (nSPS) is 10.3. The van der Waals surface area contributed by atoms with Crippen molar-refractivity contribution in [3.8, 4) is 0 Å². The molecular weight excluding hydrogens is 347 g/mol. The maximum atomic E-state index is 13.8. The van der Waals surface area contributed by atoms with Gasteiger partial charge in [-0.2, -0.15) is 4.98 Å². The highest BCUT2D eigenvalue weighted by Gasteiger charge is 2.08. The van der Waals surface area contributed by atoms with Gasteiger partial charge in [0.1, 0.15) is 11.6 Å². The molecular formula is C20H19FN4O2. The van der Waals surface area contributed by atoms with E-state index >= 15 is 0 Å². The minimum absolute atomic E-state index is 0.327. The molecule has 0 unspecified atom stereocenters. The molecule has 0 fully saturated rings. The predicted octanol–water partition coefficient (Wildman–Crippen LogP) is 4.59. The first-order valence-corrected chi connectivity index (χ1v) is 8.46. The number of nitrogens with zero attached hydrogens (tertiary/aromatic N) is 2. The highest BCUT2D eigenvalue weighted by atomic mass is 19.1. The van der Waals surface area contributed by atoms with Gasteiger partial charge in [0.25, 0.3) is 0 Å². The number of para-hydroxylation sites is 1. The van der Waals surface area contributed by atoms with E-state index in [0.29, 0.717) is 35.3 Å². The van der Waals surface area contributed by atoms with Crippen molar-refractivity contribution in [1.82, 2.24) is 9.97 Å². The molecule has 0 amide bonds. The number of rotatable bonds is 6. The SMILES string of the molecule is CCOC(=O)c1ccc(Nc2nc(C)cc(Nc3ccccc3F)n2)cc1. The molecule has 138 valence electrons. The second-order valence-electron chi connectivity index (χ2n) is 5.75. The fraction of sp³-hybridized carbons (Fsp3) is 0.150. The lowest BCUT2D eigenvalue weighted by Gasteiger charge is -2.11. The molecule has 2 aromatic carbocycles. The molecule has 27 heavy (non-hydrogen) atoms. The summed E-state index contributed by atoms with van der Waals surface area (Å²) >= 11 is 0. The van der Waals surface area contributed by atoms with E-state index in [1.54, 1.807) is 55.5 Å². The number of nitrogens with one attached hydrogen (secondary N) is 2. The Bertz CT molecular complexity index is 945. The lowest BCUT2D eigenvalue weighted by atomic mass is 10.2. The molecule has 0 bridgehead atoms. The molecule has 2 N–H and O–H groups in total. The molecule has 0 saturated heterocycles. The van der Waals surface area contributed by atoms with Crippen LogP contribution in [0.4, 0.5) is 27.5 Å². The van der Waals surface area contributed by atoms with Crippen molar-refractivity contribution in [2.24, 2.45) is 0 Å². The zero-order valence-corrected chi connectivity index (χ0v) is 15.0. The van der Waals surface area contributed by atoms with Gasteiger partial charge in [0.2, 0.25) is 5.95 Å². The van der Waals surface area contributed by atoms with Gasteiger partial charge in [-0.25, -0.2) is 14.2 Å². The Balaban J connectivity index is 1.76. The van der Waals surface area contributed by atoms with Gasteiger partial charge >= 0.3 is 5.97 Å². The molecule has 1 aromatic heterocycles. The van der Waals surface area contributed by atoms with Crippen LogP contribution in [0.25, 0.3) is 0 Å². The number of benzene rings is 2. The van der Waals surface area contributed by atoms with Crippen molar-refractivity contribution in [2.45, 2.75) is 13.8 Å². The molecule has 0 aliphatic rings. The summed E-state index contributed by atoms with van der Waals surface area (Å²) in [7, 11) is 0. The van der Waals surface area contributed by atoms with E-state index in [1.807, 2.05) is 6.92 Å². The second-order valence-corrected chi connectivity index (χ2v) is 5.75. The molecule has 0 aliphatic carbocycles. The summed E-state index contributed by atoms with van der Waals surface area (Å²) in [5, 5.41) is 6.03. The monoisotopic (exact) mass is 366 g/mol. The van der Waals surface area contributed by atoms with Crippen molar-refractivity contribution >= 4 is 29.1 Å². The summed E-state index contributed by atoms with van der Waals surface area (Å²) in [5.41, 5.74) is 2.23. The van der Waals surface area contributed by atoms with Crippen molar-refractivity contribution in [3.63, 3.8) is 0 Å². The minimum atomic E-state index is -0.368. The standard InChI is InChI=1S/C20H19FN4O2/c1-3-27-19(26)14-8-10-15(11-9-14)23-20-22-13(2)12-18(25-20)24-17-7-5-4-6-16(17)21/h4-12H,3H2,1-2H3,(H2,22,23,24,25). The second kappa shape index (κ2) is 8.27. The maximum absolute atomic E-state index is 13.8. The number of carbonyl (C=O) groups excluding carboxylic acids is 1. The fourth-order valence-corrected chi connectivity index (χ4v) is 2.42. The molecule has 1 heterocycles. The molecule has 3 aromatic rings. The van der Waals surface area contributed by atoms with Crippen molar-refractivity contribution in [2.75, 3.05) is 17.2 Å². The lowest BCUT2D eigenvalue weighted by Crippen LogP contribution is -2.05. The van der Waals surface area contributed by atoms with Crippen LogP contribution in [0.5, 0.6) is 0 Å². The van der Waals surface area contributed by atoms with E-state index in [4.69, 9.17) is 4.74 Å². The molecule has 3 rings (SSSR count). The Labute approximate surface area is 156 Å².